The number of thioether (sulfide) groups is 1. The Morgan fingerprint density at radius 2 is 2.25 bits per heavy atom. The summed E-state index contributed by atoms with van der Waals surface area (Å²) in [6.45, 7) is 3.96. The van der Waals surface area contributed by atoms with Crippen LogP contribution >= 0.6 is 11.8 Å². The van der Waals surface area contributed by atoms with Gasteiger partial charge in [0.2, 0.25) is 0 Å². The Balaban J connectivity index is 2.72. The molecule has 0 aromatic carbocycles. The maximum atomic E-state index is 8.77. The molecule has 0 saturated carbocycles. The number of hydrogen-bond donors (Lipinski definition) is 1. The van der Waals surface area contributed by atoms with Gasteiger partial charge in [0.25, 0.3) is 0 Å². The molecule has 0 aromatic rings. The van der Waals surface area contributed by atoms with Gasteiger partial charge < -0.3 is 5.11 Å². The topological polar surface area (TPSA) is 20.2 Å². The SMILES string of the molecule is CCSCCC(C)O. The van der Waals surface area contributed by atoms with Crippen molar-refractivity contribution in [1.82, 2.24) is 0 Å². The van der Waals surface area contributed by atoms with Crippen molar-refractivity contribution in [3.8, 4) is 0 Å². The summed E-state index contributed by atoms with van der Waals surface area (Å²) in [6, 6.07) is 0. The average molecular weight is 134 g/mol. The molecule has 1 nitrogen and oxygen atoms in total. The predicted octanol–water partition coefficient (Wildman–Crippen LogP) is 1.51. The number of aliphatic hydroxyl groups is 1. The minimum atomic E-state index is -0.117. The second-order valence-corrected chi connectivity index (χ2v) is 3.23. The first-order valence-electron chi connectivity index (χ1n) is 3.03. The molecule has 0 saturated heterocycles. The molecular weight excluding hydrogens is 120 g/mol. The highest BCUT2D eigenvalue weighted by Crippen LogP contribution is 2.02. The lowest BCUT2D eigenvalue weighted by atomic mass is 10.3. The molecule has 0 radical (unpaired) electrons. The number of hydrogen-bond acceptors (Lipinski definition) is 2. The van der Waals surface area contributed by atoms with Crippen molar-refractivity contribution in [3.63, 3.8) is 0 Å². The summed E-state index contributed by atoms with van der Waals surface area (Å²) in [6.07, 6.45) is 0.812. The van der Waals surface area contributed by atoms with Crippen LogP contribution in [0.15, 0.2) is 0 Å². The summed E-state index contributed by atoms with van der Waals surface area (Å²) in [5, 5.41) is 8.77. The number of rotatable bonds is 4. The molecule has 0 bridgehead atoms. The van der Waals surface area contributed by atoms with Crippen LogP contribution in [-0.4, -0.2) is 22.7 Å². The third-order valence-electron chi connectivity index (χ3n) is 0.884. The summed E-state index contributed by atoms with van der Waals surface area (Å²) >= 11 is 1.88. The van der Waals surface area contributed by atoms with E-state index >= 15 is 0 Å². The van der Waals surface area contributed by atoms with Crippen molar-refractivity contribution in [2.24, 2.45) is 0 Å². The van der Waals surface area contributed by atoms with E-state index in [2.05, 4.69) is 6.92 Å². The van der Waals surface area contributed by atoms with Crippen LogP contribution in [0.25, 0.3) is 0 Å². The van der Waals surface area contributed by atoms with E-state index in [1.807, 2.05) is 18.7 Å². The zero-order chi connectivity index (χ0) is 6.41. The largest absolute Gasteiger partial charge is 0.393 e. The van der Waals surface area contributed by atoms with Crippen molar-refractivity contribution in [2.45, 2.75) is 26.4 Å². The summed E-state index contributed by atoms with van der Waals surface area (Å²) in [5.41, 5.74) is 0. The Kier molecular flexibility index (Phi) is 5.66. The zero-order valence-electron chi connectivity index (χ0n) is 5.55. The summed E-state index contributed by atoms with van der Waals surface area (Å²) in [4.78, 5) is 0. The van der Waals surface area contributed by atoms with Crippen LogP contribution in [0.4, 0.5) is 0 Å². The van der Waals surface area contributed by atoms with Gasteiger partial charge in [-0.1, -0.05) is 6.92 Å². The molecule has 1 atom stereocenters. The molecule has 2 heteroatoms. The third-order valence-corrected chi connectivity index (χ3v) is 1.82. The van der Waals surface area contributed by atoms with Crippen molar-refractivity contribution in [1.29, 1.82) is 0 Å². The molecule has 0 amide bonds. The van der Waals surface area contributed by atoms with Crippen molar-refractivity contribution in [2.75, 3.05) is 11.5 Å². The minimum absolute atomic E-state index is 0.117. The smallest absolute Gasteiger partial charge is 0.0520 e. The predicted molar refractivity (Wildman–Crippen MR) is 39.3 cm³/mol. The highest BCUT2D eigenvalue weighted by atomic mass is 32.2. The van der Waals surface area contributed by atoms with Crippen LogP contribution in [0, 0.1) is 0 Å². The van der Waals surface area contributed by atoms with E-state index in [4.69, 9.17) is 5.11 Å². The first-order valence-corrected chi connectivity index (χ1v) is 4.18. The van der Waals surface area contributed by atoms with Gasteiger partial charge in [-0.25, -0.2) is 0 Å². The van der Waals surface area contributed by atoms with Gasteiger partial charge in [-0.15, -0.1) is 0 Å². The normalized spacial score (nSPS) is 13.9. The van der Waals surface area contributed by atoms with E-state index in [1.54, 1.807) is 0 Å². The lowest BCUT2D eigenvalue weighted by molar-refractivity contribution is 0.192. The first kappa shape index (κ1) is 8.31. The van der Waals surface area contributed by atoms with Crippen LogP contribution in [0.1, 0.15) is 20.3 Å². The molecule has 8 heavy (non-hydrogen) atoms. The second kappa shape index (κ2) is 5.45. The van der Waals surface area contributed by atoms with Gasteiger partial charge in [0, 0.05) is 0 Å². The van der Waals surface area contributed by atoms with Gasteiger partial charge in [-0.05, 0) is 24.9 Å². The highest BCUT2D eigenvalue weighted by Gasteiger charge is 1.92. The van der Waals surface area contributed by atoms with Gasteiger partial charge in [-0.3, -0.25) is 0 Å². The van der Waals surface area contributed by atoms with E-state index in [0.717, 1.165) is 17.9 Å². The summed E-state index contributed by atoms with van der Waals surface area (Å²) < 4.78 is 0. The molecule has 0 aliphatic carbocycles. The minimum Gasteiger partial charge on any atom is -0.393 e. The molecule has 1 N–H and O–H groups in total. The van der Waals surface area contributed by atoms with Gasteiger partial charge in [0.05, 0.1) is 6.10 Å². The molecule has 0 fully saturated rings. The Labute approximate surface area is 55.5 Å². The molecule has 0 heterocycles. The molecular formula is C6H14OS. The maximum Gasteiger partial charge on any atom is 0.0520 e. The lowest BCUT2D eigenvalue weighted by Crippen LogP contribution is -2.00. The van der Waals surface area contributed by atoms with Crippen LogP contribution in [0.5, 0.6) is 0 Å². The third kappa shape index (κ3) is 6.31. The Bertz CT molecular complexity index is 45.8. The fourth-order valence-corrected chi connectivity index (χ4v) is 1.19. The Morgan fingerprint density at radius 1 is 1.62 bits per heavy atom. The standard InChI is InChI=1S/C6H14OS/c1-3-8-5-4-6(2)7/h6-7H,3-5H2,1-2H3. The van der Waals surface area contributed by atoms with Crippen LogP contribution in [-0.2, 0) is 0 Å². The Morgan fingerprint density at radius 3 is 2.62 bits per heavy atom. The molecule has 0 aliphatic rings. The molecule has 0 spiro atoms. The second-order valence-electron chi connectivity index (χ2n) is 1.83. The van der Waals surface area contributed by atoms with E-state index in [9.17, 15) is 0 Å². The van der Waals surface area contributed by atoms with Crippen molar-refractivity contribution >= 4 is 11.8 Å². The monoisotopic (exact) mass is 134 g/mol. The van der Waals surface area contributed by atoms with Crippen LogP contribution in [0.3, 0.4) is 0 Å². The highest BCUT2D eigenvalue weighted by molar-refractivity contribution is 7.99. The average Bonchev–Trinajstić information content (AvgIpc) is 1.66. The fourth-order valence-electron chi connectivity index (χ4n) is 0.398. The molecule has 0 aliphatic heterocycles. The molecule has 0 aromatic heterocycles. The quantitative estimate of drug-likeness (QED) is 0.588. The van der Waals surface area contributed by atoms with E-state index in [1.165, 1.54) is 0 Å². The fraction of sp³-hybridized carbons (Fsp3) is 1.00. The van der Waals surface area contributed by atoms with E-state index in [-0.39, 0.29) is 6.10 Å². The first-order chi connectivity index (χ1) is 3.77. The van der Waals surface area contributed by atoms with Crippen molar-refractivity contribution < 1.29 is 5.11 Å². The number of aliphatic hydroxyl groups excluding tert-OH is 1. The zero-order valence-corrected chi connectivity index (χ0v) is 6.37. The van der Waals surface area contributed by atoms with E-state index < -0.39 is 0 Å². The van der Waals surface area contributed by atoms with Gasteiger partial charge in [-0.2, -0.15) is 11.8 Å². The molecule has 1 unspecified atom stereocenters. The molecule has 50 valence electrons. The van der Waals surface area contributed by atoms with Crippen LogP contribution in [0.2, 0.25) is 0 Å². The van der Waals surface area contributed by atoms with Crippen molar-refractivity contribution in [3.05, 3.63) is 0 Å². The Hall–Kier alpha value is 0.310. The van der Waals surface area contributed by atoms with Gasteiger partial charge >= 0.3 is 0 Å². The van der Waals surface area contributed by atoms with Gasteiger partial charge in [0.15, 0.2) is 0 Å². The summed E-state index contributed by atoms with van der Waals surface area (Å²) in [5.74, 6) is 2.25. The van der Waals surface area contributed by atoms with Crippen LogP contribution < -0.4 is 0 Å². The van der Waals surface area contributed by atoms with Gasteiger partial charge in [0.1, 0.15) is 0 Å². The molecule has 0 rings (SSSR count). The lowest BCUT2D eigenvalue weighted by Gasteiger charge is -2.00. The van der Waals surface area contributed by atoms with E-state index in [0.29, 0.717) is 0 Å². The maximum absolute atomic E-state index is 8.77. The summed E-state index contributed by atoms with van der Waals surface area (Å²) in [7, 11) is 0.